The van der Waals surface area contributed by atoms with Crippen LogP contribution in [0.1, 0.15) is 26.3 Å². The molecule has 0 aliphatic heterocycles. The monoisotopic (exact) mass is 351 g/mol. The van der Waals surface area contributed by atoms with Crippen molar-refractivity contribution in [3.63, 3.8) is 0 Å². The number of benzene rings is 2. The van der Waals surface area contributed by atoms with Crippen molar-refractivity contribution in [3.05, 3.63) is 63.4 Å². The lowest BCUT2D eigenvalue weighted by Gasteiger charge is -2.09. The maximum absolute atomic E-state index is 13.7. The van der Waals surface area contributed by atoms with Gasteiger partial charge < -0.3 is 10.4 Å². The molecule has 0 atom stereocenters. The van der Waals surface area contributed by atoms with Gasteiger partial charge in [0, 0.05) is 10.2 Å². The SMILES string of the molecule is Cc1ccc(NC(=O)c2c(F)cccc2Br)cc1C(=O)O. The topological polar surface area (TPSA) is 66.4 Å². The van der Waals surface area contributed by atoms with E-state index in [0.717, 1.165) is 0 Å². The second-order valence-electron chi connectivity index (χ2n) is 4.39. The average Bonchev–Trinajstić information content (AvgIpc) is 2.40. The van der Waals surface area contributed by atoms with Gasteiger partial charge in [0.25, 0.3) is 5.91 Å². The van der Waals surface area contributed by atoms with Gasteiger partial charge in [0.1, 0.15) is 5.82 Å². The van der Waals surface area contributed by atoms with Crippen molar-refractivity contribution in [2.24, 2.45) is 0 Å². The molecule has 0 saturated heterocycles. The number of aromatic carboxylic acids is 1. The van der Waals surface area contributed by atoms with Crippen LogP contribution in [0.5, 0.6) is 0 Å². The van der Waals surface area contributed by atoms with Crippen molar-refractivity contribution in [2.45, 2.75) is 6.92 Å². The third kappa shape index (κ3) is 3.28. The molecule has 21 heavy (non-hydrogen) atoms. The van der Waals surface area contributed by atoms with Crippen LogP contribution in [0, 0.1) is 12.7 Å². The number of carbonyl (C=O) groups is 2. The van der Waals surface area contributed by atoms with Gasteiger partial charge in [-0.05, 0) is 52.7 Å². The van der Waals surface area contributed by atoms with Gasteiger partial charge in [-0.25, -0.2) is 9.18 Å². The van der Waals surface area contributed by atoms with E-state index in [1.54, 1.807) is 25.1 Å². The Kier molecular flexibility index (Phi) is 4.37. The van der Waals surface area contributed by atoms with Crippen molar-refractivity contribution < 1.29 is 19.1 Å². The summed E-state index contributed by atoms with van der Waals surface area (Å²) in [6.07, 6.45) is 0. The standard InChI is InChI=1S/C15H11BrFNO3/c1-8-5-6-9(7-10(8)15(20)21)18-14(19)13-11(16)3-2-4-12(13)17/h2-7H,1H3,(H,18,19)(H,20,21). The van der Waals surface area contributed by atoms with E-state index in [1.807, 2.05) is 0 Å². The lowest BCUT2D eigenvalue weighted by atomic mass is 10.1. The number of carboxylic acids is 1. The first-order valence-corrected chi connectivity index (χ1v) is 6.78. The van der Waals surface area contributed by atoms with E-state index in [0.29, 0.717) is 10.0 Å². The second kappa shape index (κ2) is 6.05. The minimum Gasteiger partial charge on any atom is -0.478 e. The van der Waals surface area contributed by atoms with Gasteiger partial charge >= 0.3 is 5.97 Å². The van der Waals surface area contributed by atoms with Crippen molar-refractivity contribution >= 4 is 33.5 Å². The van der Waals surface area contributed by atoms with E-state index in [4.69, 9.17) is 5.11 Å². The van der Waals surface area contributed by atoms with E-state index in [9.17, 15) is 14.0 Å². The summed E-state index contributed by atoms with van der Waals surface area (Å²) in [6.45, 7) is 1.66. The molecule has 2 aromatic carbocycles. The number of nitrogens with one attached hydrogen (secondary N) is 1. The maximum atomic E-state index is 13.7. The highest BCUT2D eigenvalue weighted by Crippen LogP contribution is 2.22. The first-order chi connectivity index (χ1) is 9.90. The molecular formula is C15H11BrFNO3. The van der Waals surface area contributed by atoms with Crippen LogP contribution in [0.2, 0.25) is 0 Å². The van der Waals surface area contributed by atoms with Gasteiger partial charge in [-0.2, -0.15) is 0 Å². The largest absolute Gasteiger partial charge is 0.478 e. The second-order valence-corrected chi connectivity index (χ2v) is 5.24. The van der Waals surface area contributed by atoms with E-state index in [2.05, 4.69) is 21.2 Å². The van der Waals surface area contributed by atoms with Gasteiger partial charge in [0.05, 0.1) is 11.1 Å². The maximum Gasteiger partial charge on any atom is 0.336 e. The van der Waals surface area contributed by atoms with Crippen LogP contribution >= 0.6 is 15.9 Å². The molecule has 0 spiro atoms. The zero-order valence-electron chi connectivity index (χ0n) is 11.0. The molecule has 4 nitrogen and oxygen atoms in total. The highest BCUT2D eigenvalue weighted by molar-refractivity contribution is 9.10. The quantitative estimate of drug-likeness (QED) is 0.882. The zero-order valence-corrected chi connectivity index (χ0v) is 12.6. The Hall–Kier alpha value is -2.21. The summed E-state index contributed by atoms with van der Waals surface area (Å²) in [5.41, 5.74) is 0.820. The molecule has 1 amide bonds. The van der Waals surface area contributed by atoms with Crippen LogP contribution in [0.15, 0.2) is 40.9 Å². The van der Waals surface area contributed by atoms with E-state index in [1.165, 1.54) is 18.2 Å². The van der Waals surface area contributed by atoms with Gasteiger partial charge in [-0.1, -0.05) is 12.1 Å². The predicted molar refractivity (Wildman–Crippen MR) is 80.2 cm³/mol. The van der Waals surface area contributed by atoms with Gasteiger partial charge in [0.2, 0.25) is 0 Å². The molecule has 108 valence electrons. The first kappa shape index (κ1) is 15.2. The highest BCUT2D eigenvalue weighted by Gasteiger charge is 2.16. The third-order valence-corrected chi connectivity index (χ3v) is 3.58. The lowest BCUT2D eigenvalue weighted by Crippen LogP contribution is -2.15. The van der Waals surface area contributed by atoms with Crippen LogP contribution in [0.4, 0.5) is 10.1 Å². The molecule has 2 N–H and O–H groups in total. The number of hydrogen-bond acceptors (Lipinski definition) is 2. The Morgan fingerprint density at radius 2 is 1.95 bits per heavy atom. The Morgan fingerprint density at radius 1 is 1.24 bits per heavy atom. The molecular weight excluding hydrogens is 341 g/mol. The summed E-state index contributed by atoms with van der Waals surface area (Å²) in [5.74, 6) is -2.40. The van der Waals surface area contributed by atoms with Crippen LogP contribution in [-0.4, -0.2) is 17.0 Å². The number of rotatable bonds is 3. The lowest BCUT2D eigenvalue weighted by molar-refractivity contribution is 0.0695. The minimum atomic E-state index is -1.09. The van der Waals surface area contributed by atoms with E-state index < -0.39 is 17.7 Å². The fourth-order valence-electron chi connectivity index (χ4n) is 1.84. The molecule has 0 aliphatic rings. The number of carboxylic acid groups (broad SMARTS) is 1. The van der Waals surface area contributed by atoms with E-state index >= 15 is 0 Å². The summed E-state index contributed by atoms with van der Waals surface area (Å²) in [5, 5.41) is 11.5. The Bertz CT molecular complexity index is 711. The highest BCUT2D eigenvalue weighted by atomic mass is 79.9. The number of halogens is 2. The molecule has 0 radical (unpaired) electrons. The minimum absolute atomic E-state index is 0.0837. The molecule has 0 fully saturated rings. The molecule has 0 aromatic heterocycles. The number of amides is 1. The fraction of sp³-hybridized carbons (Fsp3) is 0.0667. The van der Waals surface area contributed by atoms with Crippen molar-refractivity contribution in [3.8, 4) is 0 Å². The Balaban J connectivity index is 2.32. The number of hydrogen-bond donors (Lipinski definition) is 2. The molecule has 6 heteroatoms. The summed E-state index contributed by atoms with van der Waals surface area (Å²) in [4.78, 5) is 23.2. The first-order valence-electron chi connectivity index (χ1n) is 5.99. The van der Waals surface area contributed by atoms with Crippen LogP contribution in [0.3, 0.4) is 0 Å². The molecule has 2 aromatic rings. The normalized spacial score (nSPS) is 10.2. The average molecular weight is 352 g/mol. The predicted octanol–water partition coefficient (Wildman–Crippen LogP) is 3.85. The Labute approximate surface area is 128 Å². The summed E-state index contributed by atoms with van der Waals surface area (Å²) < 4.78 is 14.0. The fourth-order valence-corrected chi connectivity index (χ4v) is 2.36. The van der Waals surface area contributed by atoms with E-state index in [-0.39, 0.29) is 16.8 Å². The summed E-state index contributed by atoms with van der Waals surface area (Å²) in [7, 11) is 0. The van der Waals surface area contributed by atoms with Crippen molar-refractivity contribution in [2.75, 3.05) is 5.32 Å². The van der Waals surface area contributed by atoms with Crippen LogP contribution in [-0.2, 0) is 0 Å². The van der Waals surface area contributed by atoms with Gasteiger partial charge in [-0.3, -0.25) is 4.79 Å². The Morgan fingerprint density at radius 3 is 2.57 bits per heavy atom. The molecule has 0 heterocycles. The number of aryl methyl sites for hydroxylation is 1. The van der Waals surface area contributed by atoms with Gasteiger partial charge in [0.15, 0.2) is 0 Å². The van der Waals surface area contributed by atoms with Gasteiger partial charge in [-0.15, -0.1) is 0 Å². The molecule has 0 saturated carbocycles. The zero-order chi connectivity index (χ0) is 15.6. The van der Waals surface area contributed by atoms with Crippen LogP contribution < -0.4 is 5.32 Å². The number of carbonyl (C=O) groups excluding carboxylic acids is 1. The van der Waals surface area contributed by atoms with Crippen LogP contribution in [0.25, 0.3) is 0 Å². The summed E-state index contributed by atoms with van der Waals surface area (Å²) >= 11 is 3.12. The smallest absolute Gasteiger partial charge is 0.336 e. The molecule has 2 rings (SSSR count). The van der Waals surface area contributed by atoms with Crippen molar-refractivity contribution in [1.82, 2.24) is 0 Å². The number of anilines is 1. The van der Waals surface area contributed by atoms with Crippen molar-refractivity contribution in [1.29, 1.82) is 0 Å². The third-order valence-electron chi connectivity index (χ3n) is 2.92. The molecule has 0 unspecified atom stereocenters. The molecule has 0 aliphatic carbocycles. The summed E-state index contributed by atoms with van der Waals surface area (Å²) in [6, 6.07) is 8.69. The molecule has 0 bridgehead atoms.